The number of aliphatic hydroxyl groups is 12. The Morgan fingerprint density at radius 2 is 0.667 bits per heavy atom. The molecule has 6 aromatic rings. The SMILES string of the molecule is Cc1ccccc1COc1ccc(CCCCO[C@@H]2O[C@H](CO)[C@@H](O)[C@H](O)[C@H]2O)cc1.OC[C@H]1O[C@@H](OCCCCc2ccc(OCc3ccc(F)cc3)cc2)[C@H](O)[C@@H](O)[C@@H]1O.OC[C@H]1O[C@@H](OCCCCc2ccc(OCc3ccccc3F)cc2)[C@H](O)[C@@H](O)[C@@H]1O. The summed E-state index contributed by atoms with van der Waals surface area (Å²) >= 11 is 0. The Morgan fingerprint density at radius 1 is 0.344 bits per heavy atom. The average Bonchev–Trinajstić information content (AvgIpc) is 0.932. The summed E-state index contributed by atoms with van der Waals surface area (Å²) in [6, 6.07) is 44.3. The van der Waals surface area contributed by atoms with Crippen molar-refractivity contribution in [3.63, 3.8) is 0 Å². The number of ether oxygens (including phenoxy) is 9. The van der Waals surface area contributed by atoms with Gasteiger partial charge in [-0.3, -0.25) is 0 Å². The van der Waals surface area contributed by atoms with Gasteiger partial charge in [0.1, 0.15) is 122 Å². The minimum Gasteiger partial charge on any atom is -0.489 e. The van der Waals surface area contributed by atoms with Gasteiger partial charge in [0, 0.05) is 25.4 Å². The molecule has 23 heteroatoms. The van der Waals surface area contributed by atoms with Gasteiger partial charge in [-0.05, 0) is 153 Å². The van der Waals surface area contributed by atoms with E-state index in [1.807, 2.05) is 84.9 Å². The number of unbranched alkanes of at least 4 members (excludes halogenated alkanes) is 3. The summed E-state index contributed by atoms with van der Waals surface area (Å²) in [6.45, 7) is 2.67. The number of benzene rings is 6. The summed E-state index contributed by atoms with van der Waals surface area (Å²) in [5.74, 6) is 1.67. The zero-order valence-corrected chi connectivity index (χ0v) is 52.0. The Labute approximate surface area is 540 Å². The lowest BCUT2D eigenvalue weighted by atomic mass is 9.99. The molecule has 3 heterocycles. The van der Waals surface area contributed by atoms with Gasteiger partial charge in [-0.2, -0.15) is 0 Å². The van der Waals surface area contributed by atoms with Crippen LogP contribution in [0.2, 0.25) is 0 Å². The van der Waals surface area contributed by atoms with Crippen molar-refractivity contribution in [3.05, 3.63) is 196 Å². The van der Waals surface area contributed by atoms with Crippen molar-refractivity contribution >= 4 is 0 Å². The lowest BCUT2D eigenvalue weighted by Crippen LogP contribution is -2.59. The van der Waals surface area contributed by atoms with Crippen LogP contribution in [0.15, 0.2) is 146 Å². The second-order valence-electron chi connectivity index (χ2n) is 23.0. The Bertz CT molecular complexity index is 2880. The van der Waals surface area contributed by atoms with E-state index in [0.717, 1.165) is 73.1 Å². The van der Waals surface area contributed by atoms with E-state index in [4.69, 9.17) is 42.6 Å². The molecule has 0 aliphatic carbocycles. The molecule has 0 saturated carbocycles. The Kier molecular flexibility index (Phi) is 31.2. The van der Waals surface area contributed by atoms with Gasteiger partial charge in [-0.25, -0.2) is 8.78 Å². The molecule has 3 aliphatic heterocycles. The maximum absolute atomic E-state index is 13.6. The number of halogens is 2. The van der Waals surface area contributed by atoms with E-state index in [-0.39, 0.29) is 18.2 Å². The molecule has 21 nitrogen and oxygen atoms in total. The predicted molar refractivity (Wildman–Crippen MR) is 334 cm³/mol. The van der Waals surface area contributed by atoms with Gasteiger partial charge in [0.25, 0.3) is 0 Å². The number of aryl methyl sites for hydroxylation is 4. The molecule has 0 amide bonds. The van der Waals surface area contributed by atoms with Crippen LogP contribution in [0.1, 0.15) is 77.5 Å². The number of rotatable bonds is 30. The maximum atomic E-state index is 13.6. The number of aliphatic hydroxyl groups excluding tert-OH is 12. The average molecular weight is 1310 g/mol. The lowest BCUT2D eigenvalue weighted by Gasteiger charge is -2.39. The van der Waals surface area contributed by atoms with Crippen LogP contribution in [0.3, 0.4) is 0 Å². The minimum absolute atomic E-state index is 0.168. The first-order chi connectivity index (χ1) is 45.0. The first kappa shape index (κ1) is 74.3. The smallest absolute Gasteiger partial charge is 0.186 e. The zero-order valence-electron chi connectivity index (χ0n) is 52.0. The van der Waals surface area contributed by atoms with Crippen LogP contribution < -0.4 is 14.2 Å². The van der Waals surface area contributed by atoms with Gasteiger partial charge in [0.15, 0.2) is 18.9 Å². The first-order valence-electron chi connectivity index (χ1n) is 31.4. The van der Waals surface area contributed by atoms with Gasteiger partial charge in [-0.15, -0.1) is 0 Å². The van der Waals surface area contributed by atoms with Crippen molar-refractivity contribution in [1.82, 2.24) is 0 Å². The molecular weight excluding hydrogens is 1210 g/mol. The van der Waals surface area contributed by atoms with E-state index in [9.17, 15) is 70.1 Å². The largest absolute Gasteiger partial charge is 0.489 e. The summed E-state index contributed by atoms with van der Waals surface area (Å²) in [7, 11) is 0. The third-order valence-corrected chi connectivity index (χ3v) is 16.1. The van der Waals surface area contributed by atoms with Gasteiger partial charge < -0.3 is 104 Å². The zero-order chi connectivity index (χ0) is 66.7. The second-order valence-corrected chi connectivity index (χ2v) is 23.0. The topological polar surface area (TPSA) is 326 Å². The van der Waals surface area contributed by atoms with E-state index in [0.29, 0.717) is 57.2 Å². The summed E-state index contributed by atoms with van der Waals surface area (Å²) in [6.07, 6.45) is -11.5. The highest BCUT2D eigenvalue weighted by Crippen LogP contribution is 2.27. The standard InChI is InChI=1S/C24H32O7.2C23H29FO7/c1-16-6-2-3-8-18(16)15-30-19-11-9-17(10-12-19)7-4-5-13-29-24-23(28)22(27)21(26)20(14-25)31-24;24-18-7-2-1-6-16(18)14-30-17-10-8-15(9-11-17)5-3-4-12-29-23-22(28)21(27)20(26)19(13-25)31-23;24-17-8-4-16(5-9-17)14-30-18-10-6-15(7-11-18)3-1-2-12-29-23-22(28)21(27)20(26)19(13-25)31-23/h2-3,6,8-12,20-28H,4-5,7,13-15H2,1H3;1-2,6-11,19-23,25-28H,3-5,12-14H2;4-11,19-23,25-28H,1-3,12-14H2/t20-,21-,22+,23-,24-;2*19-,20-,21+,22-,23-/m111/s1. The third kappa shape index (κ3) is 23.3. The van der Waals surface area contributed by atoms with Gasteiger partial charge in [0.05, 0.1) is 19.8 Å². The molecule has 3 aliphatic rings. The molecular formula is C70H90F2O21. The molecule has 510 valence electrons. The fourth-order valence-electron chi connectivity index (χ4n) is 10.2. The normalized spacial score (nSPS) is 26.0. The van der Waals surface area contributed by atoms with E-state index in [1.165, 1.54) is 34.9 Å². The molecule has 93 heavy (non-hydrogen) atoms. The minimum atomic E-state index is -1.44. The number of hydrogen-bond acceptors (Lipinski definition) is 21. The van der Waals surface area contributed by atoms with Crippen LogP contribution in [-0.4, -0.2) is 193 Å². The lowest BCUT2D eigenvalue weighted by molar-refractivity contribution is -0.301. The second kappa shape index (κ2) is 39.0. The molecule has 6 aromatic carbocycles. The van der Waals surface area contributed by atoms with Crippen LogP contribution in [0, 0.1) is 18.6 Å². The van der Waals surface area contributed by atoms with E-state index >= 15 is 0 Å². The van der Waals surface area contributed by atoms with Crippen molar-refractivity contribution in [2.24, 2.45) is 0 Å². The Morgan fingerprint density at radius 3 is 1.02 bits per heavy atom. The molecule has 0 unspecified atom stereocenters. The van der Waals surface area contributed by atoms with Gasteiger partial charge in [0.2, 0.25) is 0 Å². The van der Waals surface area contributed by atoms with Gasteiger partial charge in [-0.1, -0.05) is 91.0 Å². The molecule has 0 bridgehead atoms. The summed E-state index contributed by atoms with van der Waals surface area (Å²) in [5.41, 5.74) is 7.23. The van der Waals surface area contributed by atoms with E-state index in [2.05, 4.69) is 19.1 Å². The molecule has 15 atom stereocenters. The van der Waals surface area contributed by atoms with Crippen molar-refractivity contribution in [1.29, 1.82) is 0 Å². The van der Waals surface area contributed by atoms with Crippen LogP contribution in [-0.2, 0) is 67.5 Å². The summed E-state index contributed by atoms with van der Waals surface area (Å²) in [5, 5.41) is 116. The first-order valence-corrected chi connectivity index (χ1v) is 31.4. The van der Waals surface area contributed by atoms with Crippen LogP contribution in [0.5, 0.6) is 17.2 Å². The number of hydrogen-bond donors (Lipinski definition) is 12. The van der Waals surface area contributed by atoms with Crippen molar-refractivity contribution in [3.8, 4) is 17.2 Å². The van der Waals surface area contributed by atoms with Crippen molar-refractivity contribution in [2.75, 3.05) is 39.6 Å². The van der Waals surface area contributed by atoms with Crippen molar-refractivity contribution < 1.29 is 113 Å². The highest BCUT2D eigenvalue weighted by atomic mass is 19.1. The van der Waals surface area contributed by atoms with E-state index in [1.54, 1.807) is 30.3 Å². The highest BCUT2D eigenvalue weighted by Gasteiger charge is 2.46. The molecule has 12 N–H and O–H groups in total. The molecule has 9 rings (SSSR count). The predicted octanol–water partition coefficient (Wildman–Crippen LogP) is 4.80. The third-order valence-electron chi connectivity index (χ3n) is 16.1. The van der Waals surface area contributed by atoms with Crippen LogP contribution in [0.4, 0.5) is 8.78 Å². The van der Waals surface area contributed by atoms with Crippen molar-refractivity contribution in [2.45, 2.75) is 177 Å². The highest BCUT2D eigenvalue weighted by molar-refractivity contribution is 5.31. The molecule has 0 radical (unpaired) electrons. The molecule has 3 fully saturated rings. The van der Waals surface area contributed by atoms with Crippen LogP contribution in [0.25, 0.3) is 0 Å². The fraction of sp³-hybridized carbons (Fsp3) is 0.486. The summed E-state index contributed by atoms with van der Waals surface area (Å²) < 4.78 is 76.2. The van der Waals surface area contributed by atoms with Gasteiger partial charge >= 0.3 is 0 Å². The Balaban J connectivity index is 0.000000198. The summed E-state index contributed by atoms with van der Waals surface area (Å²) in [4.78, 5) is 0. The Hall–Kier alpha value is -6.14. The molecule has 3 saturated heterocycles. The van der Waals surface area contributed by atoms with E-state index < -0.39 is 112 Å². The molecule has 0 spiro atoms. The quantitative estimate of drug-likeness (QED) is 0.0270. The molecule has 0 aromatic heterocycles. The monoisotopic (exact) mass is 1300 g/mol. The fourth-order valence-corrected chi connectivity index (χ4v) is 10.2. The maximum Gasteiger partial charge on any atom is 0.186 e. The van der Waals surface area contributed by atoms with Crippen LogP contribution >= 0.6 is 0 Å².